The molecular formula is C21H20F3N3OS. The number of nitrogens with zero attached hydrogens (tertiary/aromatic N) is 2. The maximum Gasteiger partial charge on any atom is 0.416 e. The van der Waals surface area contributed by atoms with Gasteiger partial charge in [-0.2, -0.15) is 13.2 Å². The molecule has 0 radical (unpaired) electrons. The summed E-state index contributed by atoms with van der Waals surface area (Å²) in [5.41, 5.74) is 1.18. The third-order valence-electron chi connectivity index (χ3n) is 4.37. The molecular weight excluding hydrogens is 399 g/mol. The smallest absolute Gasteiger partial charge is 0.305 e. The number of nitrogens with one attached hydrogen (secondary N) is 1. The molecule has 1 N–H and O–H groups in total. The summed E-state index contributed by atoms with van der Waals surface area (Å²) in [6.07, 6.45) is -4.48. The third-order valence-corrected chi connectivity index (χ3v) is 5.24. The van der Waals surface area contributed by atoms with Crippen LogP contribution in [0.25, 0.3) is 0 Å². The van der Waals surface area contributed by atoms with Crippen molar-refractivity contribution in [2.45, 2.75) is 32.6 Å². The summed E-state index contributed by atoms with van der Waals surface area (Å²) in [4.78, 5) is 17.8. The Balaban J connectivity index is 1.77. The van der Waals surface area contributed by atoms with Crippen LogP contribution in [0.3, 0.4) is 0 Å². The number of aromatic nitrogens is 1. The molecule has 1 atom stereocenters. The maximum atomic E-state index is 13.0. The van der Waals surface area contributed by atoms with Crippen LogP contribution in [0.4, 0.5) is 24.0 Å². The number of alkyl halides is 3. The van der Waals surface area contributed by atoms with Gasteiger partial charge in [0, 0.05) is 24.9 Å². The van der Waals surface area contributed by atoms with Crippen LogP contribution in [0.5, 0.6) is 0 Å². The topological polar surface area (TPSA) is 45.2 Å². The van der Waals surface area contributed by atoms with E-state index < -0.39 is 17.6 Å². The van der Waals surface area contributed by atoms with Gasteiger partial charge in [0.15, 0.2) is 5.13 Å². The minimum Gasteiger partial charge on any atom is -0.305 e. The largest absolute Gasteiger partial charge is 0.416 e. The second kappa shape index (κ2) is 8.75. The Bertz CT molecular complexity index is 973. The molecule has 2 aromatic carbocycles. The number of benzene rings is 2. The van der Waals surface area contributed by atoms with Crippen LogP contribution >= 0.6 is 11.3 Å². The lowest BCUT2D eigenvalue weighted by Gasteiger charge is -2.19. The van der Waals surface area contributed by atoms with E-state index >= 15 is 0 Å². The monoisotopic (exact) mass is 419 g/mol. The van der Waals surface area contributed by atoms with E-state index in [1.54, 1.807) is 5.38 Å². The molecule has 29 heavy (non-hydrogen) atoms. The van der Waals surface area contributed by atoms with E-state index in [1.807, 2.05) is 37.3 Å². The van der Waals surface area contributed by atoms with Crippen molar-refractivity contribution in [2.24, 2.45) is 0 Å². The van der Waals surface area contributed by atoms with Crippen molar-refractivity contribution in [1.29, 1.82) is 0 Å². The van der Waals surface area contributed by atoms with E-state index in [0.29, 0.717) is 17.4 Å². The summed E-state index contributed by atoms with van der Waals surface area (Å²) in [6, 6.07) is 14.7. The fourth-order valence-corrected chi connectivity index (χ4v) is 3.73. The van der Waals surface area contributed by atoms with Gasteiger partial charge in [-0.05, 0) is 30.7 Å². The molecule has 0 aliphatic rings. The summed E-state index contributed by atoms with van der Waals surface area (Å²) in [5.74, 6) is -0.407. The second-order valence-electron chi connectivity index (χ2n) is 6.54. The van der Waals surface area contributed by atoms with Crippen molar-refractivity contribution < 1.29 is 18.0 Å². The first-order valence-electron chi connectivity index (χ1n) is 8.96. The van der Waals surface area contributed by atoms with Gasteiger partial charge in [-0.15, -0.1) is 11.3 Å². The highest BCUT2D eigenvalue weighted by atomic mass is 32.1. The molecule has 3 rings (SSSR count). The van der Waals surface area contributed by atoms with Crippen LogP contribution in [-0.4, -0.2) is 10.9 Å². The van der Waals surface area contributed by atoms with Crippen LogP contribution in [0, 0.1) is 0 Å². The zero-order valence-electron chi connectivity index (χ0n) is 15.9. The van der Waals surface area contributed by atoms with Gasteiger partial charge < -0.3 is 5.32 Å². The number of hydrogen-bond acceptors (Lipinski definition) is 4. The molecule has 4 nitrogen and oxygen atoms in total. The third kappa shape index (κ3) is 5.21. The van der Waals surface area contributed by atoms with Crippen molar-refractivity contribution in [3.63, 3.8) is 0 Å². The maximum absolute atomic E-state index is 13.0. The zero-order valence-corrected chi connectivity index (χ0v) is 16.7. The summed E-state index contributed by atoms with van der Waals surface area (Å²) in [5, 5.41) is 5.49. The lowest BCUT2D eigenvalue weighted by Crippen LogP contribution is -2.23. The van der Waals surface area contributed by atoms with Gasteiger partial charge in [0.1, 0.15) is 0 Å². The predicted molar refractivity (Wildman–Crippen MR) is 108 cm³/mol. The Morgan fingerprint density at radius 1 is 1.17 bits per heavy atom. The first-order valence-corrected chi connectivity index (χ1v) is 9.84. The lowest BCUT2D eigenvalue weighted by molar-refractivity contribution is -0.137. The first kappa shape index (κ1) is 21.0. The van der Waals surface area contributed by atoms with Gasteiger partial charge in [0.05, 0.1) is 16.9 Å². The van der Waals surface area contributed by atoms with Crippen LogP contribution in [0.1, 0.15) is 36.7 Å². The number of thiazole rings is 1. The fourth-order valence-electron chi connectivity index (χ4n) is 2.85. The molecule has 0 fully saturated rings. The van der Waals surface area contributed by atoms with Crippen molar-refractivity contribution in [1.82, 2.24) is 10.3 Å². The van der Waals surface area contributed by atoms with Crippen molar-refractivity contribution in [3.05, 3.63) is 76.8 Å². The molecule has 152 valence electrons. The Kier molecular flexibility index (Phi) is 6.34. The number of carbonyl (C=O) groups is 1. The molecule has 0 aliphatic heterocycles. The average molecular weight is 419 g/mol. The zero-order chi connectivity index (χ0) is 21.0. The molecule has 8 heteroatoms. The highest BCUT2D eigenvalue weighted by molar-refractivity contribution is 7.14. The predicted octanol–water partition coefficient (Wildman–Crippen LogP) is 5.70. The van der Waals surface area contributed by atoms with E-state index in [0.717, 1.165) is 17.7 Å². The Labute approximate surface area is 171 Å². The average Bonchev–Trinajstić information content (AvgIpc) is 3.14. The number of amides is 1. The normalized spacial score (nSPS) is 12.6. The number of halogens is 3. The number of anilines is 2. The minimum absolute atomic E-state index is 0.105. The summed E-state index contributed by atoms with van der Waals surface area (Å²) >= 11 is 1.21. The molecule has 1 heterocycles. The minimum atomic E-state index is -4.48. The Morgan fingerprint density at radius 2 is 1.90 bits per heavy atom. The van der Waals surface area contributed by atoms with Crippen LogP contribution in [0.15, 0.2) is 60.0 Å². The summed E-state index contributed by atoms with van der Waals surface area (Å²) < 4.78 is 39.1. The van der Waals surface area contributed by atoms with E-state index in [1.165, 1.54) is 35.3 Å². The Hall–Kier alpha value is -2.71. The van der Waals surface area contributed by atoms with Crippen molar-refractivity contribution in [2.75, 3.05) is 4.90 Å². The molecule has 3 aromatic rings. The summed E-state index contributed by atoms with van der Waals surface area (Å²) in [6.45, 7) is 3.81. The second-order valence-corrected chi connectivity index (χ2v) is 7.37. The van der Waals surface area contributed by atoms with Crippen LogP contribution in [-0.2, 0) is 17.5 Å². The molecule has 0 unspecified atom stereocenters. The highest BCUT2D eigenvalue weighted by Gasteiger charge is 2.31. The molecule has 0 saturated heterocycles. The Morgan fingerprint density at radius 3 is 2.55 bits per heavy atom. The SMILES string of the molecule is CC(=O)N(c1cccc(C(F)(F)F)c1)c1nc(CN[C@@H](C)c2ccccc2)cs1. The molecule has 0 aliphatic carbocycles. The van der Waals surface area contributed by atoms with Crippen molar-refractivity contribution in [3.8, 4) is 0 Å². The number of hydrogen-bond donors (Lipinski definition) is 1. The van der Waals surface area contributed by atoms with Gasteiger partial charge in [-0.1, -0.05) is 36.4 Å². The van der Waals surface area contributed by atoms with E-state index in [-0.39, 0.29) is 11.7 Å². The molecule has 1 aromatic heterocycles. The van der Waals surface area contributed by atoms with Gasteiger partial charge >= 0.3 is 6.18 Å². The fraction of sp³-hybridized carbons (Fsp3) is 0.238. The van der Waals surface area contributed by atoms with E-state index in [9.17, 15) is 18.0 Å². The van der Waals surface area contributed by atoms with E-state index in [2.05, 4.69) is 10.3 Å². The summed E-state index contributed by atoms with van der Waals surface area (Å²) in [7, 11) is 0. The molecule has 1 amide bonds. The quantitative estimate of drug-likeness (QED) is 0.558. The molecule has 0 saturated carbocycles. The molecule has 0 spiro atoms. The van der Waals surface area contributed by atoms with Crippen LogP contribution < -0.4 is 10.2 Å². The van der Waals surface area contributed by atoms with Gasteiger partial charge in [-0.3, -0.25) is 9.69 Å². The number of carbonyl (C=O) groups excluding carboxylic acids is 1. The molecule has 0 bridgehead atoms. The standard InChI is InChI=1S/C21H20F3N3OS/c1-14(16-7-4-3-5-8-16)25-12-18-13-29-20(26-18)27(15(2)28)19-10-6-9-17(11-19)21(22,23)24/h3-11,13-14,25H,12H2,1-2H3/t14-/m0/s1. The van der Waals surface area contributed by atoms with Gasteiger partial charge in [0.2, 0.25) is 5.91 Å². The highest BCUT2D eigenvalue weighted by Crippen LogP contribution is 2.35. The van der Waals surface area contributed by atoms with E-state index in [4.69, 9.17) is 0 Å². The number of rotatable bonds is 6. The van der Waals surface area contributed by atoms with Crippen LogP contribution in [0.2, 0.25) is 0 Å². The van der Waals surface area contributed by atoms with Crippen molar-refractivity contribution >= 4 is 28.1 Å². The van der Waals surface area contributed by atoms with Gasteiger partial charge in [0.25, 0.3) is 0 Å². The lowest BCUT2D eigenvalue weighted by atomic mass is 10.1. The first-order chi connectivity index (χ1) is 13.8. The van der Waals surface area contributed by atoms with Gasteiger partial charge in [-0.25, -0.2) is 4.98 Å².